The molecule has 1 amide bonds. The first kappa shape index (κ1) is 20.2. The summed E-state index contributed by atoms with van der Waals surface area (Å²) in [4.78, 5) is 26.5. The third-order valence-electron chi connectivity index (χ3n) is 4.94. The molecule has 0 spiro atoms. The number of amides is 1. The lowest BCUT2D eigenvalue weighted by Gasteiger charge is -2.15. The summed E-state index contributed by atoms with van der Waals surface area (Å²) in [6.45, 7) is 2.37. The number of benzene rings is 3. The van der Waals surface area contributed by atoms with Crippen molar-refractivity contribution in [2.75, 3.05) is 19.0 Å². The Morgan fingerprint density at radius 1 is 0.968 bits per heavy atom. The van der Waals surface area contributed by atoms with Crippen LogP contribution in [0.1, 0.15) is 17.3 Å². The smallest absolute Gasteiger partial charge is 0.262 e. The number of hydrogen-bond donors (Lipinski definition) is 1. The Kier molecular flexibility index (Phi) is 5.71. The van der Waals surface area contributed by atoms with E-state index in [1.54, 1.807) is 67.9 Å². The van der Waals surface area contributed by atoms with Gasteiger partial charge in [0.15, 0.2) is 0 Å². The molecule has 0 fully saturated rings. The van der Waals surface area contributed by atoms with Gasteiger partial charge in [-0.2, -0.15) is 0 Å². The van der Waals surface area contributed by atoms with E-state index >= 15 is 0 Å². The van der Waals surface area contributed by atoms with Gasteiger partial charge in [0.2, 0.25) is 0 Å². The van der Waals surface area contributed by atoms with Crippen molar-refractivity contribution < 1.29 is 14.3 Å². The zero-order chi connectivity index (χ0) is 21.8. The Morgan fingerprint density at radius 3 is 2.48 bits per heavy atom. The molecule has 0 aliphatic carbocycles. The molecule has 4 aromatic rings. The molecule has 6 heteroatoms. The van der Waals surface area contributed by atoms with Crippen LogP contribution < -0.4 is 20.3 Å². The number of nitrogens with zero attached hydrogens (tertiary/aromatic N) is 1. The number of carbonyl (C=O) groups is 1. The third-order valence-corrected chi connectivity index (χ3v) is 4.94. The molecule has 0 saturated heterocycles. The number of rotatable bonds is 6. The summed E-state index contributed by atoms with van der Waals surface area (Å²) in [6, 6.07) is 21.5. The van der Waals surface area contributed by atoms with Gasteiger partial charge in [-0.1, -0.05) is 36.4 Å². The zero-order valence-electron chi connectivity index (χ0n) is 17.3. The second-order valence-corrected chi connectivity index (χ2v) is 6.85. The van der Waals surface area contributed by atoms with Gasteiger partial charge >= 0.3 is 0 Å². The van der Waals surface area contributed by atoms with Gasteiger partial charge in [-0.05, 0) is 37.3 Å². The van der Waals surface area contributed by atoms with Gasteiger partial charge in [0.1, 0.15) is 11.5 Å². The molecule has 0 unspecified atom stereocenters. The van der Waals surface area contributed by atoms with Crippen molar-refractivity contribution in [1.29, 1.82) is 0 Å². The summed E-state index contributed by atoms with van der Waals surface area (Å²) < 4.78 is 12.4. The molecule has 156 valence electrons. The normalized spacial score (nSPS) is 10.6. The van der Waals surface area contributed by atoms with Gasteiger partial charge in [0, 0.05) is 23.0 Å². The van der Waals surface area contributed by atoms with Crippen molar-refractivity contribution in [3.63, 3.8) is 0 Å². The van der Waals surface area contributed by atoms with Crippen LogP contribution in [0.4, 0.5) is 5.69 Å². The summed E-state index contributed by atoms with van der Waals surface area (Å²) in [7, 11) is 1.57. The molecule has 0 aliphatic heterocycles. The standard InChI is InChI=1S/C25H22N2O4/c1-3-31-23-14-7-6-13-22(23)26-24(28)21-16-27(17-9-8-10-18(15-17)30-2)25(29)20-12-5-4-11-19(20)21/h4-16H,3H2,1-2H3,(H,26,28). The molecular weight excluding hydrogens is 392 g/mol. The topological polar surface area (TPSA) is 69.6 Å². The van der Waals surface area contributed by atoms with Gasteiger partial charge in [0.05, 0.1) is 30.7 Å². The van der Waals surface area contributed by atoms with E-state index in [0.29, 0.717) is 45.8 Å². The highest BCUT2D eigenvalue weighted by atomic mass is 16.5. The van der Waals surface area contributed by atoms with E-state index in [-0.39, 0.29) is 11.5 Å². The summed E-state index contributed by atoms with van der Waals surface area (Å²) >= 11 is 0. The Morgan fingerprint density at radius 2 is 1.71 bits per heavy atom. The van der Waals surface area contributed by atoms with Crippen LogP contribution in [0, 0.1) is 0 Å². The number of carbonyl (C=O) groups excluding carboxylic acids is 1. The van der Waals surface area contributed by atoms with E-state index in [9.17, 15) is 9.59 Å². The Hall–Kier alpha value is -4.06. The molecule has 0 bridgehead atoms. The lowest BCUT2D eigenvalue weighted by molar-refractivity contribution is 0.102. The van der Waals surface area contributed by atoms with Crippen LogP contribution in [0.25, 0.3) is 16.5 Å². The van der Waals surface area contributed by atoms with Crippen molar-refractivity contribution >= 4 is 22.4 Å². The molecule has 0 saturated carbocycles. The highest BCUT2D eigenvalue weighted by Crippen LogP contribution is 2.26. The number of anilines is 1. The van der Waals surface area contributed by atoms with Crippen LogP contribution in [0.15, 0.2) is 83.8 Å². The number of pyridine rings is 1. The second-order valence-electron chi connectivity index (χ2n) is 6.85. The Labute approximate surface area is 179 Å². The quantitative estimate of drug-likeness (QED) is 0.499. The molecule has 1 heterocycles. The van der Waals surface area contributed by atoms with Crippen LogP contribution in [0.2, 0.25) is 0 Å². The highest BCUT2D eigenvalue weighted by Gasteiger charge is 2.17. The van der Waals surface area contributed by atoms with E-state index in [2.05, 4.69) is 5.32 Å². The average molecular weight is 414 g/mol. The number of methoxy groups -OCH3 is 1. The van der Waals surface area contributed by atoms with Crippen LogP contribution in [0.3, 0.4) is 0 Å². The molecule has 0 atom stereocenters. The van der Waals surface area contributed by atoms with E-state index < -0.39 is 0 Å². The maximum atomic E-state index is 13.3. The number of ether oxygens (including phenoxy) is 2. The maximum absolute atomic E-state index is 13.3. The predicted molar refractivity (Wildman–Crippen MR) is 122 cm³/mol. The fourth-order valence-electron chi connectivity index (χ4n) is 3.47. The molecule has 1 aromatic heterocycles. The minimum Gasteiger partial charge on any atom is -0.497 e. The Bertz CT molecular complexity index is 1310. The van der Waals surface area contributed by atoms with E-state index in [1.165, 1.54) is 4.57 Å². The molecule has 31 heavy (non-hydrogen) atoms. The monoisotopic (exact) mass is 414 g/mol. The largest absolute Gasteiger partial charge is 0.497 e. The van der Waals surface area contributed by atoms with Crippen molar-refractivity contribution in [3.05, 3.63) is 94.9 Å². The first-order valence-corrected chi connectivity index (χ1v) is 9.94. The van der Waals surface area contributed by atoms with Gasteiger partial charge in [-0.15, -0.1) is 0 Å². The molecule has 0 aliphatic rings. The van der Waals surface area contributed by atoms with Crippen LogP contribution >= 0.6 is 0 Å². The van der Waals surface area contributed by atoms with Crippen LogP contribution in [-0.2, 0) is 0 Å². The molecule has 0 radical (unpaired) electrons. The predicted octanol–water partition coefficient (Wildman–Crippen LogP) is 4.65. The zero-order valence-corrected chi connectivity index (χ0v) is 17.3. The van der Waals surface area contributed by atoms with Gasteiger partial charge in [-0.25, -0.2) is 0 Å². The van der Waals surface area contributed by atoms with Crippen molar-refractivity contribution in [3.8, 4) is 17.2 Å². The molecule has 6 nitrogen and oxygen atoms in total. The van der Waals surface area contributed by atoms with Crippen molar-refractivity contribution in [2.24, 2.45) is 0 Å². The van der Waals surface area contributed by atoms with E-state index in [4.69, 9.17) is 9.47 Å². The van der Waals surface area contributed by atoms with Gasteiger partial charge in [0.25, 0.3) is 11.5 Å². The van der Waals surface area contributed by atoms with Crippen molar-refractivity contribution in [2.45, 2.75) is 6.92 Å². The lowest BCUT2D eigenvalue weighted by Crippen LogP contribution is -2.22. The summed E-state index contributed by atoms with van der Waals surface area (Å²) in [5, 5.41) is 3.96. The maximum Gasteiger partial charge on any atom is 0.262 e. The summed E-state index contributed by atoms with van der Waals surface area (Å²) in [5.41, 5.74) is 1.34. The highest BCUT2D eigenvalue weighted by molar-refractivity contribution is 6.13. The van der Waals surface area contributed by atoms with Gasteiger partial charge in [-0.3, -0.25) is 14.2 Å². The number of nitrogens with one attached hydrogen (secondary N) is 1. The molecule has 3 aromatic carbocycles. The number of para-hydroxylation sites is 2. The van der Waals surface area contributed by atoms with Crippen molar-refractivity contribution in [1.82, 2.24) is 4.57 Å². The third kappa shape index (κ3) is 4.00. The van der Waals surface area contributed by atoms with Crippen LogP contribution in [-0.4, -0.2) is 24.2 Å². The van der Waals surface area contributed by atoms with Gasteiger partial charge < -0.3 is 14.8 Å². The number of aromatic nitrogens is 1. The van der Waals surface area contributed by atoms with E-state index in [0.717, 1.165) is 0 Å². The molecular formula is C25H22N2O4. The summed E-state index contributed by atoms with van der Waals surface area (Å²) in [6.07, 6.45) is 1.57. The Balaban J connectivity index is 1.85. The second kappa shape index (κ2) is 8.75. The molecule has 4 rings (SSSR count). The fraction of sp³-hybridized carbons (Fsp3) is 0.120. The fourth-order valence-corrected chi connectivity index (χ4v) is 3.47. The van der Waals surface area contributed by atoms with E-state index in [1.807, 2.05) is 25.1 Å². The summed E-state index contributed by atoms with van der Waals surface area (Å²) in [5.74, 6) is 0.873. The SMILES string of the molecule is CCOc1ccccc1NC(=O)c1cn(-c2cccc(OC)c2)c(=O)c2ccccc12. The minimum atomic E-state index is -0.333. The number of fused-ring (bicyclic) bond motifs is 1. The first-order chi connectivity index (χ1) is 15.1. The van der Waals surface area contributed by atoms with Crippen LogP contribution in [0.5, 0.6) is 11.5 Å². The minimum absolute atomic E-state index is 0.213. The lowest BCUT2D eigenvalue weighted by atomic mass is 10.1. The number of hydrogen-bond acceptors (Lipinski definition) is 4. The molecule has 1 N–H and O–H groups in total. The average Bonchev–Trinajstić information content (AvgIpc) is 2.81. The first-order valence-electron chi connectivity index (χ1n) is 9.94.